The van der Waals surface area contributed by atoms with Crippen LogP contribution in [0.2, 0.25) is 0 Å². The number of piperidine rings is 1. The standard InChI is InChI=1S/C28H37N5OS/c1-18(2)27-31-30-20(4)33(27)24-16-22-11-12-23(17-24)32(22)15-14-25(26-13-10-19(3)35-26)29-28(34)21-8-6-5-7-9-21/h5-10,13,18,22-25H,11-12,14-17H2,1-4H3,(H,29,34)/t22-,23-,25-/m0/s1. The summed E-state index contributed by atoms with van der Waals surface area (Å²) < 4.78 is 2.42. The number of amides is 1. The monoisotopic (exact) mass is 491 g/mol. The van der Waals surface area contributed by atoms with Crippen molar-refractivity contribution in [3.63, 3.8) is 0 Å². The third-order valence-corrected chi connectivity index (χ3v) is 8.87. The van der Waals surface area contributed by atoms with Crippen LogP contribution in [-0.4, -0.2) is 44.2 Å². The first-order chi connectivity index (χ1) is 16.9. The van der Waals surface area contributed by atoms with Gasteiger partial charge in [0.2, 0.25) is 0 Å². The number of aryl methyl sites for hydroxylation is 2. The molecule has 5 rings (SSSR count). The Bertz CT molecular complexity index is 1140. The van der Waals surface area contributed by atoms with E-state index in [1.165, 1.54) is 22.6 Å². The van der Waals surface area contributed by atoms with Crippen molar-refractivity contribution < 1.29 is 4.79 Å². The van der Waals surface area contributed by atoms with Crippen molar-refractivity contribution in [1.29, 1.82) is 0 Å². The average Bonchev–Trinajstić information content (AvgIpc) is 3.52. The van der Waals surface area contributed by atoms with Crippen molar-refractivity contribution >= 4 is 17.2 Å². The zero-order valence-corrected chi connectivity index (χ0v) is 22.1. The number of rotatable bonds is 8. The van der Waals surface area contributed by atoms with Crippen LogP contribution in [0, 0.1) is 13.8 Å². The van der Waals surface area contributed by atoms with Gasteiger partial charge in [0.15, 0.2) is 0 Å². The van der Waals surface area contributed by atoms with E-state index in [1.54, 1.807) is 11.3 Å². The van der Waals surface area contributed by atoms with E-state index in [4.69, 9.17) is 0 Å². The van der Waals surface area contributed by atoms with E-state index < -0.39 is 0 Å². The molecule has 4 heterocycles. The molecule has 0 aliphatic carbocycles. The normalized spacial score (nSPS) is 23.1. The molecule has 0 saturated carbocycles. The van der Waals surface area contributed by atoms with E-state index >= 15 is 0 Å². The van der Waals surface area contributed by atoms with E-state index in [9.17, 15) is 4.79 Å². The number of aromatic nitrogens is 3. The van der Waals surface area contributed by atoms with Crippen molar-refractivity contribution in [2.75, 3.05) is 6.54 Å². The summed E-state index contributed by atoms with van der Waals surface area (Å²) in [6.45, 7) is 9.65. The quantitative estimate of drug-likeness (QED) is 0.432. The van der Waals surface area contributed by atoms with E-state index in [-0.39, 0.29) is 11.9 Å². The highest BCUT2D eigenvalue weighted by Crippen LogP contribution is 2.42. The Morgan fingerprint density at radius 3 is 2.37 bits per heavy atom. The molecular weight excluding hydrogens is 454 g/mol. The van der Waals surface area contributed by atoms with Crippen LogP contribution in [0.1, 0.15) is 95.7 Å². The van der Waals surface area contributed by atoms with Gasteiger partial charge in [-0.05, 0) is 70.2 Å². The summed E-state index contributed by atoms with van der Waals surface area (Å²) in [5.74, 6) is 2.56. The fourth-order valence-corrected chi connectivity index (χ4v) is 7.05. The highest BCUT2D eigenvalue weighted by molar-refractivity contribution is 7.12. The number of nitrogens with one attached hydrogen (secondary N) is 1. The van der Waals surface area contributed by atoms with Gasteiger partial charge in [-0.1, -0.05) is 32.0 Å². The van der Waals surface area contributed by atoms with Crippen molar-refractivity contribution in [3.05, 3.63) is 69.4 Å². The molecule has 1 aromatic carbocycles. The Morgan fingerprint density at radius 1 is 1.03 bits per heavy atom. The molecule has 2 fully saturated rings. The van der Waals surface area contributed by atoms with Crippen molar-refractivity contribution in [3.8, 4) is 0 Å². The molecule has 1 N–H and O–H groups in total. The van der Waals surface area contributed by atoms with Crippen LogP contribution in [-0.2, 0) is 0 Å². The summed E-state index contributed by atoms with van der Waals surface area (Å²) in [7, 11) is 0. The molecule has 0 unspecified atom stereocenters. The summed E-state index contributed by atoms with van der Waals surface area (Å²) in [5, 5.41) is 12.2. The number of carbonyl (C=O) groups is 1. The number of hydrogen-bond donors (Lipinski definition) is 1. The topological polar surface area (TPSA) is 63.1 Å². The molecule has 7 heteroatoms. The number of nitrogens with zero attached hydrogens (tertiary/aromatic N) is 4. The molecule has 2 aromatic heterocycles. The first-order valence-electron chi connectivity index (χ1n) is 13.0. The van der Waals surface area contributed by atoms with Gasteiger partial charge in [-0.2, -0.15) is 0 Å². The minimum atomic E-state index is 0.00707. The van der Waals surface area contributed by atoms with Gasteiger partial charge >= 0.3 is 0 Å². The largest absolute Gasteiger partial charge is 0.344 e. The maximum Gasteiger partial charge on any atom is 0.251 e. The molecule has 6 nitrogen and oxygen atoms in total. The second-order valence-corrected chi connectivity index (χ2v) is 11.8. The number of carbonyl (C=O) groups excluding carboxylic acids is 1. The number of benzene rings is 1. The average molecular weight is 492 g/mol. The summed E-state index contributed by atoms with van der Waals surface area (Å²) >= 11 is 1.79. The smallest absolute Gasteiger partial charge is 0.251 e. The Morgan fingerprint density at radius 2 is 1.74 bits per heavy atom. The van der Waals surface area contributed by atoms with Gasteiger partial charge in [0.25, 0.3) is 5.91 Å². The van der Waals surface area contributed by atoms with Crippen LogP contribution in [0.5, 0.6) is 0 Å². The first kappa shape index (κ1) is 24.2. The van der Waals surface area contributed by atoms with Gasteiger partial charge in [-0.15, -0.1) is 21.5 Å². The minimum Gasteiger partial charge on any atom is -0.344 e. The van der Waals surface area contributed by atoms with Gasteiger partial charge in [0.05, 0.1) is 6.04 Å². The maximum absolute atomic E-state index is 13.0. The summed E-state index contributed by atoms with van der Waals surface area (Å²) in [5.41, 5.74) is 0.719. The fraction of sp³-hybridized carbons (Fsp3) is 0.536. The van der Waals surface area contributed by atoms with Crippen LogP contribution in [0.4, 0.5) is 0 Å². The molecule has 0 spiro atoms. The second-order valence-electron chi connectivity index (χ2n) is 10.5. The van der Waals surface area contributed by atoms with Gasteiger partial charge in [0, 0.05) is 45.9 Å². The number of thiophene rings is 1. The Hall–Kier alpha value is -2.51. The van der Waals surface area contributed by atoms with E-state index in [0.29, 0.717) is 24.0 Å². The molecule has 3 atom stereocenters. The van der Waals surface area contributed by atoms with Crippen LogP contribution < -0.4 is 5.32 Å². The Balaban J connectivity index is 1.28. The number of fused-ring (bicyclic) bond motifs is 2. The van der Waals surface area contributed by atoms with E-state index in [2.05, 4.69) is 64.8 Å². The number of hydrogen-bond acceptors (Lipinski definition) is 5. The lowest BCUT2D eigenvalue weighted by Crippen LogP contribution is -2.45. The van der Waals surface area contributed by atoms with Crippen molar-refractivity contribution in [1.82, 2.24) is 25.0 Å². The molecule has 1 amide bonds. The predicted molar refractivity (Wildman–Crippen MR) is 141 cm³/mol. The molecule has 186 valence electrons. The molecule has 0 radical (unpaired) electrons. The molecule has 35 heavy (non-hydrogen) atoms. The SMILES string of the molecule is Cc1ccc([C@H](CCN2[C@H]3CC[C@H]2CC(n2c(C)nnc2C(C)C)C3)NC(=O)c2ccccc2)s1. The summed E-state index contributed by atoms with van der Waals surface area (Å²) in [4.78, 5) is 18.2. The van der Waals surface area contributed by atoms with Crippen molar-refractivity contribution in [2.45, 2.75) is 89.9 Å². The lowest BCUT2D eigenvalue weighted by molar-refractivity contribution is 0.0892. The van der Waals surface area contributed by atoms with E-state index in [1.807, 2.05) is 30.3 Å². The first-order valence-corrected chi connectivity index (χ1v) is 13.8. The molecule has 3 aromatic rings. The van der Waals surface area contributed by atoms with E-state index in [0.717, 1.165) is 43.0 Å². The fourth-order valence-electron chi connectivity index (χ4n) is 6.09. The summed E-state index contributed by atoms with van der Waals surface area (Å²) in [6.07, 6.45) is 5.78. The molecule has 2 aliphatic heterocycles. The zero-order valence-electron chi connectivity index (χ0n) is 21.3. The van der Waals surface area contributed by atoms with Gasteiger partial charge in [-0.25, -0.2) is 0 Å². The third-order valence-electron chi connectivity index (χ3n) is 7.76. The highest BCUT2D eigenvalue weighted by Gasteiger charge is 2.42. The Kier molecular flexibility index (Phi) is 7.07. The van der Waals surface area contributed by atoms with Crippen LogP contribution in [0.25, 0.3) is 0 Å². The minimum absolute atomic E-state index is 0.00707. The third kappa shape index (κ3) is 5.07. The Labute approximate surface area is 212 Å². The predicted octanol–water partition coefficient (Wildman–Crippen LogP) is 5.81. The van der Waals surface area contributed by atoms with Gasteiger partial charge < -0.3 is 9.88 Å². The lowest BCUT2D eigenvalue weighted by atomic mass is 9.95. The van der Waals surface area contributed by atoms with Crippen molar-refractivity contribution in [2.24, 2.45) is 0 Å². The molecule has 2 bridgehead atoms. The van der Waals surface area contributed by atoms with Crippen LogP contribution in [0.15, 0.2) is 42.5 Å². The van der Waals surface area contributed by atoms with Crippen LogP contribution in [0.3, 0.4) is 0 Å². The van der Waals surface area contributed by atoms with Gasteiger partial charge in [0.1, 0.15) is 11.6 Å². The maximum atomic E-state index is 13.0. The molecule has 2 aliphatic rings. The highest BCUT2D eigenvalue weighted by atomic mass is 32.1. The lowest BCUT2D eigenvalue weighted by Gasteiger charge is -2.40. The zero-order chi connectivity index (χ0) is 24.5. The molecule has 2 saturated heterocycles. The van der Waals surface area contributed by atoms with Crippen LogP contribution >= 0.6 is 11.3 Å². The molecular formula is C28H37N5OS. The van der Waals surface area contributed by atoms with Gasteiger partial charge in [-0.3, -0.25) is 9.69 Å². The summed E-state index contributed by atoms with van der Waals surface area (Å²) in [6, 6.07) is 15.6. The second kappa shape index (κ2) is 10.2.